The van der Waals surface area contributed by atoms with Crippen molar-refractivity contribution in [1.82, 2.24) is 0 Å². The van der Waals surface area contributed by atoms with Crippen molar-refractivity contribution in [2.24, 2.45) is 0 Å². The van der Waals surface area contributed by atoms with Crippen LogP contribution in [0.2, 0.25) is 26.2 Å². The van der Waals surface area contributed by atoms with Gasteiger partial charge in [0.1, 0.15) is 6.90 Å². The molecule has 0 bridgehead atoms. The summed E-state index contributed by atoms with van der Waals surface area (Å²) < 4.78 is 0. The molecule has 0 nitrogen and oxygen atoms in total. The molecule has 0 aromatic heterocycles. The molecular weight excluding hydrogens is 212 g/mol. The van der Waals surface area contributed by atoms with E-state index in [1.165, 1.54) is 5.19 Å². The van der Waals surface area contributed by atoms with E-state index in [9.17, 15) is 0 Å². The third-order valence-electron chi connectivity index (χ3n) is 2.98. The lowest BCUT2D eigenvalue weighted by molar-refractivity contribution is 1.72. The van der Waals surface area contributed by atoms with Gasteiger partial charge in [0.2, 0.25) is 0 Å². The van der Waals surface area contributed by atoms with Gasteiger partial charge in [0, 0.05) is 0 Å². The van der Waals surface area contributed by atoms with E-state index in [2.05, 4.69) is 56.5 Å². The molecule has 0 spiro atoms. The van der Waals surface area contributed by atoms with Gasteiger partial charge in [-0.2, -0.15) is 11.1 Å². The molecule has 0 amide bonds. The second-order valence-electron chi connectivity index (χ2n) is 4.46. The van der Waals surface area contributed by atoms with Gasteiger partial charge in [0.05, 0.1) is 7.59 Å². The van der Waals surface area contributed by atoms with Crippen molar-refractivity contribution in [2.45, 2.75) is 26.2 Å². The summed E-state index contributed by atoms with van der Waals surface area (Å²) in [5.74, 6) is 0. The SMILES string of the molecule is C[Si](C)(Cl)[Si](C)(C)c1ccccc1. The molecule has 0 saturated heterocycles. The van der Waals surface area contributed by atoms with E-state index < -0.39 is 14.5 Å². The molecule has 72 valence electrons. The number of hydrogen-bond donors (Lipinski definition) is 0. The van der Waals surface area contributed by atoms with Gasteiger partial charge in [-0.3, -0.25) is 0 Å². The minimum absolute atomic E-state index is 1.38. The topological polar surface area (TPSA) is 0 Å². The molecule has 0 atom stereocenters. The van der Waals surface area contributed by atoms with E-state index in [0.29, 0.717) is 0 Å². The molecule has 0 fully saturated rings. The minimum atomic E-state index is -1.51. The fourth-order valence-corrected chi connectivity index (χ4v) is 6.45. The molecule has 1 aromatic carbocycles. The molecule has 0 saturated carbocycles. The van der Waals surface area contributed by atoms with Crippen LogP contribution in [-0.4, -0.2) is 14.5 Å². The molecule has 3 heteroatoms. The largest absolute Gasteiger partial charge is 0.171 e. The third kappa shape index (κ3) is 2.24. The summed E-state index contributed by atoms with van der Waals surface area (Å²) >= 11 is 6.56. The molecule has 0 aliphatic heterocycles. The molecule has 0 aliphatic carbocycles. The van der Waals surface area contributed by atoms with Crippen LogP contribution in [-0.2, 0) is 0 Å². The van der Waals surface area contributed by atoms with Crippen molar-refractivity contribution >= 4 is 30.8 Å². The second-order valence-corrected chi connectivity index (χ2v) is 22.5. The van der Waals surface area contributed by atoms with Crippen molar-refractivity contribution in [1.29, 1.82) is 0 Å². The lowest BCUT2D eigenvalue weighted by Crippen LogP contribution is -2.59. The summed E-state index contributed by atoms with van der Waals surface area (Å²) in [6, 6.07) is 10.7. The number of rotatable bonds is 2. The van der Waals surface area contributed by atoms with E-state index in [1.54, 1.807) is 0 Å². The van der Waals surface area contributed by atoms with Crippen LogP contribution < -0.4 is 5.19 Å². The van der Waals surface area contributed by atoms with Gasteiger partial charge >= 0.3 is 0 Å². The van der Waals surface area contributed by atoms with E-state index in [4.69, 9.17) is 11.1 Å². The first-order valence-electron chi connectivity index (χ1n) is 4.60. The Morgan fingerprint density at radius 1 is 0.923 bits per heavy atom. The number of hydrogen-bond acceptors (Lipinski definition) is 0. The first-order chi connectivity index (χ1) is 5.86. The zero-order valence-electron chi connectivity index (χ0n) is 8.76. The fraction of sp³-hybridized carbons (Fsp3) is 0.400. The predicted octanol–water partition coefficient (Wildman–Crippen LogP) is 3.12. The van der Waals surface area contributed by atoms with Crippen molar-refractivity contribution in [3.05, 3.63) is 30.3 Å². The van der Waals surface area contributed by atoms with Crippen LogP contribution in [0.1, 0.15) is 0 Å². The van der Waals surface area contributed by atoms with Gasteiger partial charge in [-0.25, -0.2) is 0 Å². The lowest BCUT2D eigenvalue weighted by atomic mass is 10.4. The molecule has 1 rings (SSSR count). The Morgan fingerprint density at radius 3 is 1.77 bits per heavy atom. The Kier molecular flexibility index (Phi) is 3.05. The molecule has 0 unspecified atom stereocenters. The van der Waals surface area contributed by atoms with Crippen LogP contribution in [0.25, 0.3) is 0 Å². The molecule has 0 N–H and O–H groups in total. The summed E-state index contributed by atoms with van der Waals surface area (Å²) in [7, 11) is -1.38. The first kappa shape index (κ1) is 11.0. The second kappa shape index (κ2) is 3.60. The Balaban J connectivity index is 3.08. The average molecular weight is 229 g/mol. The molecule has 1 aromatic rings. The van der Waals surface area contributed by atoms with E-state index >= 15 is 0 Å². The Morgan fingerprint density at radius 2 is 1.38 bits per heavy atom. The summed E-state index contributed by atoms with van der Waals surface area (Å²) in [6.07, 6.45) is 0. The summed E-state index contributed by atoms with van der Waals surface area (Å²) in [5, 5.41) is 1.49. The third-order valence-corrected chi connectivity index (χ3v) is 21.8. The highest BCUT2D eigenvalue weighted by Gasteiger charge is 2.41. The van der Waals surface area contributed by atoms with Crippen molar-refractivity contribution in [3.63, 3.8) is 0 Å². The standard InChI is InChI=1S/C10H17ClSi2/c1-12(2,13(3,4)11)10-8-6-5-7-9-10/h5-9H,1-4H3. The van der Waals surface area contributed by atoms with Crippen LogP contribution in [0.15, 0.2) is 30.3 Å². The highest BCUT2D eigenvalue weighted by Crippen LogP contribution is 2.22. The minimum Gasteiger partial charge on any atom is -0.171 e. The van der Waals surface area contributed by atoms with Gasteiger partial charge in [-0.1, -0.05) is 61.7 Å². The molecule has 0 aliphatic rings. The van der Waals surface area contributed by atoms with Crippen LogP contribution in [0.3, 0.4) is 0 Å². The number of halogens is 1. The maximum Gasteiger partial charge on any atom is 0.146 e. The maximum absolute atomic E-state index is 6.56. The van der Waals surface area contributed by atoms with Gasteiger partial charge in [0.25, 0.3) is 0 Å². The summed E-state index contributed by atoms with van der Waals surface area (Å²) in [6.45, 7) is 7.75. The smallest absolute Gasteiger partial charge is 0.146 e. The summed E-state index contributed by atoms with van der Waals surface area (Å²) in [4.78, 5) is 0. The van der Waals surface area contributed by atoms with Crippen molar-refractivity contribution < 1.29 is 0 Å². The normalized spacial score (nSPS) is 13.0. The van der Waals surface area contributed by atoms with E-state index in [1.807, 2.05) is 0 Å². The van der Waals surface area contributed by atoms with E-state index in [0.717, 1.165) is 0 Å². The zero-order valence-corrected chi connectivity index (χ0v) is 11.5. The van der Waals surface area contributed by atoms with Crippen molar-refractivity contribution in [3.8, 4) is 0 Å². The van der Waals surface area contributed by atoms with Crippen LogP contribution in [0.5, 0.6) is 0 Å². The molecular formula is C10H17ClSi2. The van der Waals surface area contributed by atoms with Gasteiger partial charge in [0.15, 0.2) is 0 Å². The van der Waals surface area contributed by atoms with Crippen LogP contribution in [0.4, 0.5) is 0 Å². The monoisotopic (exact) mass is 228 g/mol. The number of benzene rings is 1. The van der Waals surface area contributed by atoms with Crippen LogP contribution in [0, 0.1) is 0 Å². The van der Waals surface area contributed by atoms with Crippen molar-refractivity contribution in [2.75, 3.05) is 0 Å². The average Bonchev–Trinajstić information content (AvgIpc) is 2.04. The maximum atomic E-state index is 6.56. The molecule has 0 heterocycles. The molecule has 0 radical (unpaired) electrons. The highest BCUT2D eigenvalue weighted by molar-refractivity contribution is 7.61. The Bertz CT molecular complexity index is 275. The van der Waals surface area contributed by atoms with Crippen LogP contribution >= 0.6 is 11.1 Å². The first-order valence-corrected chi connectivity index (χ1v) is 12.6. The molecule has 13 heavy (non-hydrogen) atoms. The van der Waals surface area contributed by atoms with Gasteiger partial charge in [-0.05, 0) is 0 Å². The highest BCUT2D eigenvalue weighted by atomic mass is 35.6. The van der Waals surface area contributed by atoms with Gasteiger partial charge in [-0.15, -0.1) is 0 Å². The quantitative estimate of drug-likeness (QED) is 0.539. The fourth-order valence-electron chi connectivity index (χ4n) is 1.20. The summed E-state index contributed by atoms with van der Waals surface area (Å²) in [5.41, 5.74) is 0. The zero-order chi connectivity index (χ0) is 10.1. The van der Waals surface area contributed by atoms with Gasteiger partial charge < -0.3 is 0 Å². The Labute approximate surface area is 87.5 Å². The van der Waals surface area contributed by atoms with E-state index in [-0.39, 0.29) is 0 Å². The Hall–Kier alpha value is -0.0562. The predicted molar refractivity (Wildman–Crippen MR) is 66.9 cm³/mol. The lowest BCUT2D eigenvalue weighted by Gasteiger charge is -2.32.